The Labute approximate surface area is 152 Å². The van der Waals surface area contributed by atoms with Crippen LogP contribution in [0.4, 0.5) is 4.39 Å². The number of carbonyl (C=O) groups is 1. The van der Waals surface area contributed by atoms with E-state index in [0.717, 1.165) is 12.0 Å². The highest BCUT2D eigenvalue weighted by molar-refractivity contribution is 5.94. The van der Waals surface area contributed by atoms with E-state index in [1.54, 1.807) is 12.1 Å². The second kappa shape index (κ2) is 7.12. The molecule has 1 N–H and O–H groups in total. The third-order valence-electron chi connectivity index (χ3n) is 5.13. The highest BCUT2D eigenvalue weighted by Crippen LogP contribution is 2.44. The molecule has 0 aliphatic heterocycles. The van der Waals surface area contributed by atoms with E-state index in [4.69, 9.17) is 0 Å². The largest absolute Gasteiger partial charge is 0.351 e. The lowest BCUT2D eigenvalue weighted by Crippen LogP contribution is -2.27. The van der Waals surface area contributed by atoms with Crippen molar-refractivity contribution in [2.24, 2.45) is 0 Å². The van der Waals surface area contributed by atoms with Crippen molar-refractivity contribution in [3.63, 3.8) is 0 Å². The Bertz CT molecular complexity index is 922. The molecule has 130 valence electrons. The third kappa shape index (κ3) is 3.25. The van der Waals surface area contributed by atoms with E-state index < -0.39 is 0 Å². The molecule has 26 heavy (non-hydrogen) atoms. The number of benzene rings is 3. The van der Waals surface area contributed by atoms with Crippen molar-refractivity contribution >= 4 is 5.91 Å². The zero-order valence-electron chi connectivity index (χ0n) is 14.4. The zero-order chi connectivity index (χ0) is 17.9. The van der Waals surface area contributed by atoms with Gasteiger partial charge in [0.1, 0.15) is 5.82 Å². The molecule has 1 amide bonds. The number of fused-ring (bicyclic) bond motifs is 1. The van der Waals surface area contributed by atoms with E-state index >= 15 is 0 Å². The van der Waals surface area contributed by atoms with E-state index in [1.165, 1.54) is 17.2 Å². The van der Waals surface area contributed by atoms with Crippen LogP contribution in [0.25, 0.3) is 0 Å². The normalized spacial score (nSPS) is 18.3. The minimum absolute atomic E-state index is 0.0581. The number of hydrogen-bond donors (Lipinski definition) is 1. The number of carbonyl (C=O) groups excluding carboxylic acids is 1. The first kappa shape index (κ1) is 16.5. The average Bonchev–Trinajstić information content (AvgIpc) is 3.06. The van der Waals surface area contributed by atoms with Gasteiger partial charge in [-0.25, -0.2) is 4.39 Å². The van der Waals surface area contributed by atoms with Crippen molar-refractivity contribution in [2.75, 3.05) is 6.54 Å². The molecule has 0 heterocycles. The highest BCUT2D eigenvalue weighted by atomic mass is 19.1. The first-order valence-corrected chi connectivity index (χ1v) is 8.90. The topological polar surface area (TPSA) is 29.1 Å². The van der Waals surface area contributed by atoms with Crippen molar-refractivity contribution < 1.29 is 9.18 Å². The molecule has 0 fully saturated rings. The van der Waals surface area contributed by atoms with E-state index in [9.17, 15) is 9.18 Å². The minimum atomic E-state index is -0.208. The molecule has 3 heteroatoms. The van der Waals surface area contributed by atoms with Crippen LogP contribution in [0, 0.1) is 5.82 Å². The standard InChI is InChI=1S/C23H20FNO/c24-19-10-6-9-17(13-19)22-14-18(20-11-4-5-12-21(20)22)15-25-23(26)16-7-2-1-3-8-16/h1-13,18,22H,14-15H2,(H,25,26)/t18-,22-/m0/s1. The summed E-state index contributed by atoms with van der Waals surface area (Å²) >= 11 is 0. The van der Waals surface area contributed by atoms with Gasteiger partial charge in [-0.15, -0.1) is 0 Å². The van der Waals surface area contributed by atoms with Crippen molar-refractivity contribution in [3.8, 4) is 0 Å². The van der Waals surface area contributed by atoms with Crippen LogP contribution in [0.15, 0.2) is 78.9 Å². The molecule has 0 bridgehead atoms. The fourth-order valence-corrected chi connectivity index (χ4v) is 3.88. The van der Waals surface area contributed by atoms with Crippen LogP contribution >= 0.6 is 0 Å². The molecule has 0 unspecified atom stereocenters. The summed E-state index contributed by atoms with van der Waals surface area (Å²) in [6.45, 7) is 0.580. The molecule has 3 aromatic rings. The van der Waals surface area contributed by atoms with Crippen LogP contribution in [0.3, 0.4) is 0 Å². The van der Waals surface area contributed by atoms with Gasteiger partial charge in [0.15, 0.2) is 0 Å². The molecule has 1 aliphatic rings. The Balaban J connectivity index is 1.54. The Morgan fingerprint density at radius 1 is 0.923 bits per heavy atom. The highest BCUT2D eigenvalue weighted by Gasteiger charge is 2.31. The summed E-state index contributed by atoms with van der Waals surface area (Å²) < 4.78 is 13.7. The van der Waals surface area contributed by atoms with Gasteiger partial charge in [-0.1, -0.05) is 54.6 Å². The van der Waals surface area contributed by atoms with E-state index in [2.05, 4.69) is 17.4 Å². The maximum Gasteiger partial charge on any atom is 0.251 e. The number of halogens is 1. The smallest absolute Gasteiger partial charge is 0.251 e. The molecule has 0 spiro atoms. The molecule has 1 aliphatic carbocycles. The van der Waals surface area contributed by atoms with Crippen LogP contribution < -0.4 is 5.32 Å². The van der Waals surface area contributed by atoms with Crippen LogP contribution in [0.1, 0.15) is 45.3 Å². The van der Waals surface area contributed by atoms with Gasteiger partial charge in [0, 0.05) is 23.9 Å². The molecule has 0 radical (unpaired) electrons. The van der Waals surface area contributed by atoms with E-state index in [0.29, 0.717) is 12.1 Å². The van der Waals surface area contributed by atoms with Crippen molar-refractivity contribution in [3.05, 3.63) is 107 Å². The molecule has 3 aromatic carbocycles. The predicted octanol–water partition coefficient (Wildman–Crippen LogP) is 4.87. The third-order valence-corrected chi connectivity index (χ3v) is 5.13. The van der Waals surface area contributed by atoms with Crippen molar-refractivity contribution in [1.82, 2.24) is 5.32 Å². The molecular weight excluding hydrogens is 325 g/mol. The molecular formula is C23H20FNO. The maximum absolute atomic E-state index is 13.7. The zero-order valence-corrected chi connectivity index (χ0v) is 14.4. The maximum atomic E-state index is 13.7. The monoisotopic (exact) mass is 345 g/mol. The van der Waals surface area contributed by atoms with Crippen LogP contribution in [-0.4, -0.2) is 12.5 Å². The fraction of sp³-hybridized carbons (Fsp3) is 0.174. The summed E-state index contributed by atoms with van der Waals surface area (Å²) in [5.41, 5.74) is 4.14. The Morgan fingerprint density at radius 2 is 1.65 bits per heavy atom. The minimum Gasteiger partial charge on any atom is -0.351 e. The lowest BCUT2D eigenvalue weighted by atomic mass is 9.92. The number of nitrogens with one attached hydrogen (secondary N) is 1. The Kier molecular flexibility index (Phi) is 4.53. The SMILES string of the molecule is O=C(NC[C@@H]1C[C@@H](c2cccc(F)c2)c2ccccc21)c1ccccc1. The average molecular weight is 345 g/mol. The van der Waals surface area contributed by atoms with Gasteiger partial charge in [0.25, 0.3) is 5.91 Å². The summed E-state index contributed by atoms with van der Waals surface area (Å²) in [5.74, 6) is 0.130. The fourth-order valence-electron chi connectivity index (χ4n) is 3.88. The van der Waals surface area contributed by atoms with E-state index in [1.807, 2.05) is 48.5 Å². The Hall–Kier alpha value is -2.94. The van der Waals surface area contributed by atoms with Crippen molar-refractivity contribution in [2.45, 2.75) is 18.3 Å². The summed E-state index contributed by atoms with van der Waals surface area (Å²) in [5, 5.41) is 3.05. The van der Waals surface area contributed by atoms with Gasteiger partial charge >= 0.3 is 0 Å². The molecule has 2 nitrogen and oxygen atoms in total. The van der Waals surface area contributed by atoms with Gasteiger partial charge in [-0.2, -0.15) is 0 Å². The van der Waals surface area contributed by atoms with Gasteiger partial charge in [0.2, 0.25) is 0 Å². The summed E-state index contributed by atoms with van der Waals surface area (Å²) in [7, 11) is 0. The second-order valence-electron chi connectivity index (χ2n) is 6.75. The van der Waals surface area contributed by atoms with Crippen molar-refractivity contribution in [1.29, 1.82) is 0 Å². The molecule has 4 rings (SSSR count). The van der Waals surface area contributed by atoms with Crippen LogP contribution in [0.5, 0.6) is 0 Å². The molecule has 0 saturated carbocycles. The van der Waals surface area contributed by atoms with E-state index in [-0.39, 0.29) is 23.6 Å². The summed E-state index contributed by atoms with van der Waals surface area (Å²) in [4.78, 5) is 12.3. The number of hydrogen-bond acceptors (Lipinski definition) is 1. The molecule has 0 saturated heterocycles. The van der Waals surface area contributed by atoms with Crippen LogP contribution in [-0.2, 0) is 0 Å². The van der Waals surface area contributed by atoms with Gasteiger partial charge < -0.3 is 5.32 Å². The predicted molar refractivity (Wildman–Crippen MR) is 101 cm³/mol. The summed E-state index contributed by atoms with van der Waals surface area (Å²) in [6, 6.07) is 24.4. The lowest BCUT2D eigenvalue weighted by Gasteiger charge is -2.14. The quantitative estimate of drug-likeness (QED) is 0.718. The second-order valence-corrected chi connectivity index (χ2v) is 6.75. The molecule has 2 atom stereocenters. The van der Waals surface area contributed by atoms with Gasteiger partial charge in [-0.3, -0.25) is 4.79 Å². The van der Waals surface area contributed by atoms with Crippen LogP contribution in [0.2, 0.25) is 0 Å². The summed E-state index contributed by atoms with van der Waals surface area (Å²) in [6.07, 6.45) is 0.873. The van der Waals surface area contributed by atoms with Gasteiger partial charge in [0.05, 0.1) is 0 Å². The molecule has 0 aromatic heterocycles. The Morgan fingerprint density at radius 3 is 2.42 bits per heavy atom. The first-order chi connectivity index (χ1) is 12.7. The van der Waals surface area contributed by atoms with Gasteiger partial charge in [-0.05, 0) is 47.4 Å². The first-order valence-electron chi connectivity index (χ1n) is 8.90. The number of amides is 1. The lowest BCUT2D eigenvalue weighted by molar-refractivity contribution is 0.0951. The number of rotatable bonds is 4.